The molecule has 2 fully saturated rings. The van der Waals surface area contributed by atoms with Gasteiger partial charge in [0.15, 0.2) is 0 Å². The SMILES string of the molecule is Cc1ccccc1CNC(=O)N1CCN(C2CCCCC2)CC1. The van der Waals surface area contributed by atoms with Crippen LogP contribution in [-0.4, -0.2) is 48.1 Å². The third-order valence-electron chi connectivity index (χ3n) is 5.38. The molecule has 1 aromatic rings. The number of benzene rings is 1. The molecular weight excluding hydrogens is 286 g/mol. The number of hydrogen-bond donors (Lipinski definition) is 1. The van der Waals surface area contributed by atoms with E-state index in [4.69, 9.17) is 0 Å². The molecule has 23 heavy (non-hydrogen) atoms. The highest BCUT2D eigenvalue weighted by Gasteiger charge is 2.26. The van der Waals surface area contributed by atoms with E-state index in [1.807, 2.05) is 17.0 Å². The third-order valence-corrected chi connectivity index (χ3v) is 5.38. The van der Waals surface area contributed by atoms with Crippen molar-refractivity contribution >= 4 is 6.03 Å². The van der Waals surface area contributed by atoms with Gasteiger partial charge in [0.2, 0.25) is 0 Å². The summed E-state index contributed by atoms with van der Waals surface area (Å²) < 4.78 is 0. The minimum atomic E-state index is 0.0801. The first-order chi connectivity index (χ1) is 11.2. The molecule has 1 heterocycles. The van der Waals surface area contributed by atoms with Gasteiger partial charge in [0.05, 0.1) is 0 Å². The molecule has 1 N–H and O–H groups in total. The molecule has 2 amide bonds. The van der Waals surface area contributed by atoms with Crippen LogP contribution in [-0.2, 0) is 6.54 Å². The monoisotopic (exact) mass is 315 g/mol. The maximum atomic E-state index is 12.4. The van der Waals surface area contributed by atoms with Crippen LogP contribution in [0.3, 0.4) is 0 Å². The van der Waals surface area contributed by atoms with Gasteiger partial charge in [-0.25, -0.2) is 4.79 Å². The van der Waals surface area contributed by atoms with Crippen LogP contribution in [0.2, 0.25) is 0 Å². The van der Waals surface area contributed by atoms with Gasteiger partial charge >= 0.3 is 6.03 Å². The fourth-order valence-corrected chi connectivity index (χ4v) is 3.83. The van der Waals surface area contributed by atoms with Crippen LogP contribution in [0, 0.1) is 6.92 Å². The smallest absolute Gasteiger partial charge is 0.317 e. The van der Waals surface area contributed by atoms with Crippen LogP contribution < -0.4 is 5.32 Å². The highest BCUT2D eigenvalue weighted by molar-refractivity contribution is 5.74. The van der Waals surface area contributed by atoms with Crippen LogP contribution in [0.5, 0.6) is 0 Å². The van der Waals surface area contributed by atoms with Gasteiger partial charge in [0, 0.05) is 38.8 Å². The Morgan fingerprint density at radius 2 is 1.78 bits per heavy atom. The summed E-state index contributed by atoms with van der Waals surface area (Å²) in [6.07, 6.45) is 6.85. The molecule has 1 aromatic carbocycles. The van der Waals surface area contributed by atoms with Crippen molar-refractivity contribution < 1.29 is 4.79 Å². The zero-order valence-corrected chi connectivity index (χ0v) is 14.3. The highest BCUT2D eigenvalue weighted by atomic mass is 16.2. The van der Waals surface area contributed by atoms with E-state index in [1.165, 1.54) is 43.2 Å². The molecule has 0 atom stereocenters. The Morgan fingerprint density at radius 3 is 2.48 bits per heavy atom. The second-order valence-corrected chi connectivity index (χ2v) is 6.90. The molecule has 0 bridgehead atoms. The van der Waals surface area contributed by atoms with E-state index in [2.05, 4.69) is 29.3 Å². The minimum Gasteiger partial charge on any atom is -0.334 e. The van der Waals surface area contributed by atoms with Crippen molar-refractivity contribution in [2.24, 2.45) is 0 Å². The molecule has 4 nitrogen and oxygen atoms in total. The van der Waals surface area contributed by atoms with Gasteiger partial charge < -0.3 is 10.2 Å². The molecule has 3 rings (SSSR count). The Balaban J connectivity index is 1.44. The molecule has 1 saturated heterocycles. The fourth-order valence-electron chi connectivity index (χ4n) is 3.83. The first kappa shape index (κ1) is 16.3. The Bertz CT molecular complexity index is 517. The lowest BCUT2D eigenvalue weighted by molar-refractivity contribution is 0.0905. The van der Waals surface area contributed by atoms with E-state index in [0.29, 0.717) is 6.54 Å². The first-order valence-electron chi connectivity index (χ1n) is 9.05. The van der Waals surface area contributed by atoms with E-state index in [1.54, 1.807) is 0 Å². The largest absolute Gasteiger partial charge is 0.334 e. The number of urea groups is 1. The normalized spacial score (nSPS) is 20.5. The van der Waals surface area contributed by atoms with Crippen molar-refractivity contribution in [3.05, 3.63) is 35.4 Å². The Labute approximate surface area is 139 Å². The summed E-state index contributed by atoms with van der Waals surface area (Å²) in [5.74, 6) is 0. The summed E-state index contributed by atoms with van der Waals surface area (Å²) in [6.45, 7) is 6.48. The van der Waals surface area contributed by atoms with Gasteiger partial charge in [-0.2, -0.15) is 0 Å². The van der Waals surface area contributed by atoms with Crippen molar-refractivity contribution in [3.63, 3.8) is 0 Å². The standard InChI is InChI=1S/C19H29N3O/c1-16-7-5-6-8-17(16)15-20-19(23)22-13-11-21(12-14-22)18-9-3-2-4-10-18/h5-8,18H,2-4,9-15H2,1H3,(H,20,23). The van der Waals surface area contributed by atoms with Crippen molar-refractivity contribution in [1.82, 2.24) is 15.1 Å². The van der Waals surface area contributed by atoms with E-state index in [0.717, 1.165) is 32.2 Å². The fraction of sp³-hybridized carbons (Fsp3) is 0.632. The van der Waals surface area contributed by atoms with Gasteiger partial charge in [-0.15, -0.1) is 0 Å². The predicted octanol–water partition coefficient (Wildman–Crippen LogP) is 3.15. The molecule has 0 spiro atoms. The second-order valence-electron chi connectivity index (χ2n) is 6.90. The topological polar surface area (TPSA) is 35.6 Å². The van der Waals surface area contributed by atoms with Crippen LogP contribution >= 0.6 is 0 Å². The molecule has 4 heteroatoms. The van der Waals surface area contributed by atoms with E-state index in [9.17, 15) is 4.79 Å². The summed E-state index contributed by atoms with van der Waals surface area (Å²) in [7, 11) is 0. The van der Waals surface area contributed by atoms with Crippen molar-refractivity contribution in [1.29, 1.82) is 0 Å². The lowest BCUT2D eigenvalue weighted by Crippen LogP contribution is -2.54. The number of hydrogen-bond acceptors (Lipinski definition) is 2. The second kappa shape index (κ2) is 7.82. The van der Waals surface area contributed by atoms with E-state index >= 15 is 0 Å². The predicted molar refractivity (Wildman–Crippen MR) is 93.4 cm³/mol. The number of aryl methyl sites for hydroxylation is 1. The van der Waals surface area contributed by atoms with E-state index in [-0.39, 0.29) is 6.03 Å². The Morgan fingerprint density at radius 1 is 1.09 bits per heavy atom. The molecular formula is C19H29N3O. The average molecular weight is 315 g/mol. The van der Waals surface area contributed by atoms with Crippen molar-refractivity contribution in [2.75, 3.05) is 26.2 Å². The van der Waals surface area contributed by atoms with Crippen LogP contribution in [0.1, 0.15) is 43.2 Å². The zero-order chi connectivity index (χ0) is 16.1. The molecule has 1 saturated carbocycles. The summed E-state index contributed by atoms with van der Waals surface area (Å²) in [5.41, 5.74) is 2.43. The molecule has 0 radical (unpaired) electrons. The molecule has 126 valence electrons. The summed E-state index contributed by atoms with van der Waals surface area (Å²) in [5, 5.41) is 3.07. The minimum absolute atomic E-state index is 0.0801. The Kier molecular flexibility index (Phi) is 5.55. The number of nitrogens with one attached hydrogen (secondary N) is 1. The first-order valence-corrected chi connectivity index (χ1v) is 9.05. The Hall–Kier alpha value is -1.55. The number of carbonyl (C=O) groups excluding carboxylic acids is 1. The lowest BCUT2D eigenvalue weighted by Gasteiger charge is -2.40. The van der Waals surface area contributed by atoms with Crippen LogP contribution in [0.25, 0.3) is 0 Å². The van der Waals surface area contributed by atoms with Crippen LogP contribution in [0.4, 0.5) is 4.79 Å². The molecule has 1 aliphatic heterocycles. The highest BCUT2D eigenvalue weighted by Crippen LogP contribution is 2.23. The number of nitrogens with zero attached hydrogens (tertiary/aromatic N) is 2. The van der Waals surface area contributed by atoms with Gasteiger partial charge in [0.25, 0.3) is 0 Å². The third kappa shape index (κ3) is 4.25. The summed E-state index contributed by atoms with van der Waals surface area (Å²) >= 11 is 0. The van der Waals surface area contributed by atoms with Gasteiger partial charge in [-0.05, 0) is 30.9 Å². The number of piperazine rings is 1. The molecule has 2 aliphatic rings. The van der Waals surface area contributed by atoms with Gasteiger partial charge in [-0.3, -0.25) is 4.90 Å². The molecule has 1 aliphatic carbocycles. The van der Waals surface area contributed by atoms with Crippen molar-refractivity contribution in [3.8, 4) is 0 Å². The van der Waals surface area contributed by atoms with E-state index < -0.39 is 0 Å². The molecule has 0 aromatic heterocycles. The quantitative estimate of drug-likeness (QED) is 0.930. The molecule has 0 unspecified atom stereocenters. The number of amides is 2. The number of rotatable bonds is 3. The summed E-state index contributed by atoms with van der Waals surface area (Å²) in [6, 6.07) is 9.07. The average Bonchev–Trinajstić information content (AvgIpc) is 2.62. The zero-order valence-electron chi connectivity index (χ0n) is 14.3. The lowest BCUT2D eigenvalue weighted by atomic mass is 9.94. The maximum absolute atomic E-state index is 12.4. The van der Waals surface area contributed by atoms with Gasteiger partial charge in [-0.1, -0.05) is 43.5 Å². The number of carbonyl (C=O) groups is 1. The van der Waals surface area contributed by atoms with Crippen molar-refractivity contribution in [2.45, 2.75) is 51.6 Å². The summed E-state index contributed by atoms with van der Waals surface area (Å²) in [4.78, 5) is 16.9. The van der Waals surface area contributed by atoms with Crippen LogP contribution in [0.15, 0.2) is 24.3 Å². The maximum Gasteiger partial charge on any atom is 0.317 e. The van der Waals surface area contributed by atoms with Gasteiger partial charge in [0.1, 0.15) is 0 Å².